The predicted octanol–water partition coefficient (Wildman–Crippen LogP) is 1.70. The second kappa shape index (κ2) is 5.46. The smallest absolute Gasteiger partial charge is 0.189 e. The van der Waals surface area contributed by atoms with Crippen LogP contribution in [0.4, 0.5) is 0 Å². The van der Waals surface area contributed by atoms with Crippen LogP contribution in [0.3, 0.4) is 0 Å². The minimum atomic E-state index is -0.0201. The molecular formula is C24H12BrNO2. The van der Waals surface area contributed by atoms with Crippen molar-refractivity contribution in [3.05, 3.63) is 85.2 Å². The van der Waals surface area contributed by atoms with Crippen LogP contribution >= 0.6 is 15.9 Å². The van der Waals surface area contributed by atoms with Crippen LogP contribution in [0.5, 0.6) is 0 Å². The predicted molar refractivity (Wildman–Crippen MR) is 112 cm³/mol. The van der Waals surface area contributed by atoms with Crippen molar-refractivity contribution in [2.45, 2.75) is 6.42 Å². The summed E-state index contributed by atoms with van der Waals surface area (Å²) >= 11 is 3.64. The number of hydrogen-bond acceptors (Lipinski definition) is 3. The number of ketones is 2. The standard InChI is InChI=1S/C24H12BrNO2/c25-19-11-20-22(17-4-2-1-3-16(17)19)23-21(28)10-14-7-12-5-6-15(27)8-13(12)9-18(14)24(23)26-20/h1-7,9-11H,8H2. The summed E-state index contributed by atoms with van der Waals surface area (Å²) in [5, 5.41) is 5.56. The Bertz CT molecular complexity index is 1580. The molecule has 0 fully saturated rings. The summed E-state index contributed by atoms with van der Waals surface area (Å²) in [7, 11) is 0. The van der Waals surface area contributed by atoms with Crippen molar-refractivity contribution < 1.29 is 9.59 Å². The molecule has 0 saturated heterocycles. The number of hydrogen-bond donors (Lipinski definition) is 0. The number of halogens is 1. The molecule has 2 aliphatic carbocycles. The quantitative estimate of drug-likeness (QED) is 0.550. The topological polar surface area (TPSA) is 46.5 Å². The maximum Gasteiger partial charge on any atom is 0.189 e. The minimum Gasteiger partial charge on any atom is -0.294 e. The minimum absolute atomic E-state index is 0.0201. The van der Waals surface area contributed by atoms with Gasteiger partial charge in [0.05, 0.1) is 16.6 Å². The lowest BCUT2D eigenvalue weighted by Crippen LogP contribution is -2.35. The van der Waals surface area contributed by atoms with Gasteiger partial charge in [-0.2, -0.15) is 0 Å². The Hall–Kier alpha value is -3.11. The molecule has 0 saturated carbocycles. The molecule has 3 nitrogen and oxygen atoms in total. The van der Waals surface area contributed by atoms with Gasteiger partial charge < -0.3 is 0 Å². The van der Waals surface area contributed by atoms with E-state index in [0.717, 1.165) is 47.4 Å². The average molecular weight is 426 g/mol. The van der Waals surface area contributed by atoms with Crippen molar-refractivity contribution in [3.8, 4) is 0 Å². The summed E-state index contributed by atoms with van der Waals surface area (Å²) in [4.78, 5) is 29.8. The van der Waals surface area contributed by atoms with E-state index in [2.05, 4.69) is 15.9 Å². The first-order chi connectivity index (χ1) is 13.6. The van der Waals surface area contributed by atoms with Crippen molar-refractivity contribution in [2.75, 3.05) is 0 Å². The molecule has 0 spiro atoms. The van der Waals surface area contributed by atoms with E-state index in [1.807, 2.05) is 48.5 Å². The molecule has 0 amide bonds. The number of Topliss-reactive ketones (excluding diaryl/α,β-unsaturated/α-hetero) is 1. The van der Waals surface area contributed by atoms with E-state index in [4.69, 9.17) is 4.99 Å². The van der Waals surface area contributed by atoms with Crippen LogP contribution in [0.15, 0.2) is 58.0 Å². The lowest BCUT2D eigenvalue weighted by Gasteiger charge is -2.13. The number of fused-ring (bicyclic) bond motifs is 6. The second-order valence-electron chi connectivity index (χ2n) is 7.26. The fourth-order valence-electron chi connectivity index (χ4n) is 4.35. The number of rotatable bonds is 0. The molecule has 1 heterocycles. The van der Waals surface area contributed by atoms with Crippen molar-refractivity contribution in [1.29, 1.82) is 0 Å². The number of carbonyl (C=O) groups is 2. The van der Waals surface area contributed by atoms with Gasteiger partial charge in [0.2, 0.25) is 0 Å². The lowest BCUT2D eigenvalue weighted by atomic mass is 9.90. The molecule has 6 rings (SSSR count). The van der Waals surface area contributed by atoms with E-state index >= 15 is 0 Å². The maximum atomic E-state index is 13.1. The van der Waals surface area contributed by atoms with E-state index in [-0.39, 0.29) is 11.6 Å². The van der Waals surface area contributed by atoms with Gasteiger partial charge in [-0.1, -0.05) is 46.3 Å². The van der Waals surface area contributed by atoms with Gasteiger partial charge in [-0.05, 0) is 57.5 Å². The van der Waals surface area contributed by atoms with Gasteiger partial charge in [0, 0.05) is 21.3 Å². The Balaban J connectivity index is 1.82. The molecule has 0 bridgehead atoms. The summed E-state index contributed by atoms with van der Waals surface area (Å²) in [5.74, 6) is 0.0763. The highest BCUT2D eigenvalue weighted by atomic mass is 79.9. The second-order valence-corrected chi connectivity index (χ2v) is 8.11. The van der Waals surface area contributed by atoms with Gasteiger partial charge in [0.15, 0.2) is 11.6 Å². The molecule has 3 aromatic carbocycles. The third kappa shape index (κ3) is 2.06. The van der Waals surface area contributed by atoms with Crippen LogP contribution in [0.25, 0.3) is 34.2 Å². The Labute approximate surface area is 167 Å². The van der Waals surface area contributed by atoms with Crippen LogP contribution in [0, 0.1) is 0 Å². The first-order valence-electron chi connectivity index (χ1n) is 9.05. The summed E-state index contributed by atoms with van der Waals surface area (Å²) in [6.07, 6.45) is 5.51. The lowest BCUT2D eigenvalue weighted by molar-refractivity contribution is -0.114. The zero-order chi connectivity index (χ0) is 19.0. The summed E-state index contributed by atoms with van der Waals surface area (Å²) < 4.78 is 0.961. The highest BCUT2D eigenvalue weighted by Gasteiger charge is 2.25. The normalized spacial score (nSPS) is 16.3. The van der Waals surface area contributed by atoms with Crippen LogP contribution in [0.1, 0.15) is 11.1 Å². The molecular weight excluding hydrogens is 414 g/mol. The fraction of sp³-hybridized carbons (Fsp3) is 0.0417. The summed E-state index contributed by atoms with van der Waals surface area (Å²) in [6, 6.07) is 14.0. The molecule has 0 atom stereocenters. The third-order valence-corrected chi connectivity index (χ3v) is 6.26. The molecule has 3 aliphatic rings. The molecule has 28 heavy (non-hydrogen) atoms. The van der Waals surface area contributed by atoms with Crippen molar-refractivity contribution in [2.24, 2.45) is 4.99 Å². The van der Waals surface area contributed by atoms with Gasteiger partial charge >= 0.3 is 0 Å². The van der Waals surface area contributed by atoms with E-state index in [1.165, 1.54) is 0 Å². The first-order valence-corrected chi connectivity index (χ1v) is 9.84. The average Bonchev–Trinajstić information content (AvgIpc) is 3.07. The maximum absolute atomic E-state index is 13.1. The van der Waals surface area contributed by atoms with Gasteiger partial charge in [-0.15, -0.1) is 0 Å². The molecule has 0 N–H and O–H groups in total. The van der Waals surface area contributed by atoms with Crippen molar-refractivity contribution in [3.63, 3.8) is 0 Å². The van der Waals surface area contributed by atoms with E-state index < -0.39 is 0 Å². The Morgan fingerprint density at radius 3 is 2.64 bits per heavy atom. The highest BCUT2D eigenvalue weighted by Crippen LogP contribution is 2.25. The monoisotopic (exact) mass is 425 g/mol. The third-order valence-electron chi connectivity index (χ3n) is 5.61. The van der Waals surface area contributed by atoms with Crippen LogP contribution in [-0.2, 0) is 16.0 Å². The van der Waals surface area contributed by atoms with Gasteiger partial charge in [0.1, 0.15) is 0 Å². The highest BCUT2D eigenvalue weighted by molar-refractivity contribution is 9.10. The number of carbonyl (C=O) groups excluding carboxylic acids is 2. The van der Waals surface area contributed by atoms with E-state index in [1.54, 1.807) is 12.2 Å². The molecule has 0 unspecified atom stereocenters. The van der Waals surface area contributed by atoms with E-state index in [0.29, 0.717) is 17.7 Å². The zero-order valence-corrected chi connectivity index (χ0v) is 16.2. The Morgan fingerprint density at radius 1 is 0.964 bits per heavy atom. The summed E-state index contributed by atoms with van der Waals surface area (Å²) in [5.41, 5.74) is 3.35. The number of allylic oxidation sites excluding steroid dienone is 1. The summed E-state index contributed by atoms with van der Waals surface area (Å²) in [6.45, 7) is 0. The van der Waals surface area contributed by atoms with Crippen LogP contribution < -0.4 is 21.0 Å². The van der Waals surface area contributed by atoms with E-state index in [9.17, 15) is 9.59 Å². The fourth-order valence-corrected chi connectivity index (χ4v) is 4.91. The molecule has 3 aromatic rings. The van der Waals surface area contributed by atoms with Gasteiger partial charge in [-0.3, -0.25) is 9.59 Å². The molecule has 4 heteroatoms. The zero-order valence-electron chi connectivity index (χ0n) is 14.6. The molecule has 1 aliphatic heterocycles. The Kier molecular flexibility index (Phi) is 3.10. The van der Waals surface area contributed by atoms with Crippen LogP contribution in [-0.4, -0.2) is 11.6 Å². The molecule has 0 radical (unpaired) electrons. The number of benzene rings is 3. The first kappa shape index (κ1) is 15.9. The largest absolute Gasteiger partial charge is 0.294 e. The van der Waals surface area contributed by atoms with Gasteiger partial charge in [-0.25, -0.2) is 4.99 Å². The molecule has 0 aromatic heterocycles. The molecule has 132 valence electrons. The SMILES string of the molecule is O=C1C=Cc2cc3c(cc2C1)=C1N=c2cc(Br)c4ccccc4c2=C1C(=O)C=3. The van der Waals surface area contributed by atoms with Crippen LogP contribution in [0.2, 0.25) is 0 Å². The van der Waals surface area contributed by atoms with Gasteiger partial charge in [0.25, 0.3) is 0 Å². The van der Waals surface area contributed by atoms with Crippen molar-refractivity contribution >= 4 is 61.7 Å². The number of nitrogens with zero attached hydrogens (tertiary/aromatic N) is 1. The Morgan fingerprint density at radius 2 is 1.79 bits per heavy atom. The van der Waals surface area contributed by atoms with Crippen molar-refractivity contribution in [1.82, 2.24) is 0 Å².